The summed E-state index contributed by atoms with van der Waals surface area (Å²) in [5, 5.41) is 9.43. The molecule has 0 amide bonds. The molecule has 0 radical (unpaired) electrons. The second-order valence-electron chi connectivity index (χ2n) is 3.88. The van der Waals surface area contributed by atoms with Crippen LogP contribution in [-0.2, 0) is 14.3 Å². The van der Waals surface area contributed by atoms with E-state index in [1.54, 1.807) is 11.9 Å². The fourth-order valence-corrected chi connectivity index (χ4v) is 1.27. The van der Waals surface area contributed by atoms with Crippen molar-refractivity contribution >= 4 is 5.97 Å². The lowest BCUT2D eigenvalue weighted by Crippen LogP contribution is -2.36. The molecule has 0 aliphatic carbocycles. The van der Waals surface area contributed by atoms with Crippen molar-refractivity contribution in [2.24, 2.45) is 0 Å². The van der Waals surface area contributed by atoms with E-state index in [0.29, 0.717) is 13.2 Å². The summed E-state index contributed by atoms with van der Waals surface area (Å²) in [6.07, 6.45) is 1.33. The Labute approximate surface area is 97.3 Å². The van der Waals surface area contributed by atoms with E-state index in [1.807, 2.05) is 6.92 Å². The molecule has 96 valence electrons. The van der Waals surface area contributed by atoms with Crippen molar-refractivity contribution < 1.29 is 19.4 Å². The van der Waals surface area contributed by atoms with Crippen LogP contribution in [0.5, 0.6) is 0 Å². The summed E-state index contributed by atoms with van der Waals surface area (Å²) in [4.78, 5) is 13.0. The minimum absolute atomic E-state index is 0.199. The quantitative estimate of drug-likeness (QED) is 0.457. The van der Waals surface area contributed by atoms with Gasteiger partial charge in [-0.25, -0.2) is 0 Å². The van der Waals surface area contributed by atoms with Crippen molar-refractivity contribution in [2.75, 3.05) is 40.5 Å². The second kappa shape index (κ2) is 9.57. The third-order valence-electron chi connectivity index (χ3n) is 2.04. The van der Waals surface area contributed by atoms with Crippen LogP contribution < -0.4 is 0 Å². The first-order valence-electron chi connectivity index (χ1n) is 5.61. The van der Waals surface area contributed by atoms with Gasteiger partial charge in [-0.2, -0.15) is 0 Å². The van der Waals surface area contributed by atoms with Crippen LogP contribution in [0.15, 0.2) is 0 Å². The molecule has 5 heteroatoms. The molecule has 0 aromatic rings. The smallest absolute Gasteiger partial charge is 0.320 e. The van der Waals surface area contributed by atoms with Crippen molar-refractivity contribution in [2.45, 2.75) is 25.9 Å². The zero-order valence-corrected chi connectivity index (χ0v) is 10.4. The van der Waals surface area contributed by atoms with E-state index in [9.17, 15) is 9.90 Å². The number of esters is 1. The van der Waals surface area contributed by atoms with Crippen molar-refractivity contribution in [3.63, 3.8) is 0 Å². The van der Waals surface area contributed by atoms with Crippen LogP contribution in [0.3, 0.4) is 0 Å². The van der Waals surface area contributed by atoms with Gasteiger partial charge in [-0.3, -0.25) is 9.69 Å². The number of hydrogen-bond acceptors (Lipinski definition) is 5. The summed E-state index contributed by atoms with van der Waals surface area (Å²) in [5.74, 6) is -0.249. The van der Waals surface area contributed by atoms with Gasteiger partial charge in [-0.15, -0.1) is 0 Å². The Hall–Kier alpha value is -0.650. The van der Waals surface area contributed by atoms with Gasteiger partial charge in [0, 0.05) is 13.7 Å². The molecule has 0 saturated carbocycles. The fourth-order valence-electron chi connectivity index (χ4n) is 1.27. The lowest BCUT2D eigenvalue weighted by atomic mass is 10.3. The van der Waals surface area contributed by atoms with E-state index in [2.05, 4.69) is 0 Å². The largest absolute Gasteiger partial charge is 0.465 e. The van der Waals surface area contributed by atoms with E-state index < -0.39 is 6.10 Å². The highest BCUT2D eigenvalue weighted by atomic mass is 16.5. The molecule has 0 aromatic heterocycles. The zero-order valence-electron chi connectivity index (χ0n) is 10.4. The number of methoxy groups -OCH3 is 1. The maximum Gasteiger partial charge on any atom is 0.320 e. The van der Waals surface area contributed by atoms with Gasteiger partial charge >= 0.3 is 5.97 Å². The first-order valence-corrected chi connectivity index (χ1v) is 5.61. The van der Waals surface area contributed by atoms with Gasteiger partial charge in [0.25, 0.3) is 0 Å². The number of unbranched alkanes of at least 4 members (excludes halogenated alkanes) is 1. The molecule has 1 N–H and O–H groups in total. The maximum atomic E-state index is 11.3. The number of carbonyl (C=O) groups excluding carboxylic acids is 1. The summed E-state index contributed by atoms with van der Waals surface area (Å²) in [6, 6.07) is 0. The Balaban J connectivity index is 3.60. The average molecular weight is 233 g/mol. The van der Waals surface area contributed by atoms with Gasteiger partial charge in [0.05, 0.1) is 25.9 Å². The van der Waals surface area contributed by atoms with Gasteiger partial charge in [-0.05, 0) is 13.5 Å². The number of aliphatic hydroxyl groups excluding tert-OH is 1. The van der Waals surface area contributed by atoms with Crippen LogP contribution in [0, 0.1) is 0 Å². The summed E-state index contributed by atoms with van der Waals surface area (Å²) in [7, 11) is 3.29. The minimum atomic E-state index is -0.571. The van der Waals surface area contributed by atoms with E-state index in [1.165, 1.54) is 7.11 Å². The van der Waals surface area contributed by atoms with Crippen LogP contribution in [0.25, 0.3) is 0 Å². The normalized spacial score (nSPS) is 12.8. The van der Waals surface area contributed by atoms with Crippen molar-refractivity contribution in [1.29, 1.82) is 0 Å². The topological polar surface area (TPSA) is 59.0 Å². The zero-order chi connectivity index (χ0) is 12.4. The van der Waals surface area contributed by atoms with Gasteiger partial charge in [0.2, 0.25) is 0 Å². The van der Waals surface area contributed by atoms with E-state index in [4.69, 9.17) is 9.47 Å². The molecule has 1 unspecified atom stereocenters. The maximum absolute atomic E-state index is 11.3. The molecule has 0 aliphatic heterocycles. The summed E-state index contributed by atoms with van der Waals surface area (Å²) < 4.78 is 9.80. The third kappa shape index (κ3) is 8.64. The van der Waals surface area contributed by atoms with E-state index in [0.717, 1.165) is 12.8 Å². The molecule has 0 saturated heterocycles. The van der Waals surface area contributed by atoms with E-state index >= 15 is 0 Å². The van der Waals surface area contributed by atoms with Crippen molar-refractivity contribution in [3.05, 3.63) is 0 Å². The van der Waals surface area contributed by atoms with Crippen LogP contribution in [0.2, 0.25) is 0 Å². The molecule has 1 atom stereocenters. The lowest BCUT2D eigenvalue weighted by molar-refractivity contribution is -0.145. The average Bonchev–Trinajstić information content (AvgIpc) is 2.17. The number of rotatable bonds is 9. The highest BCUT2D eigenvalue weighted by Gasteiger charge is 2.11. The SMILES string of the molecule is CCCCOC(=O)CN(C)CC(O)COC. The molecule has 5 nitrogen and oxygen atoms in total. The van der Waals surface area contributed by atoms with Gasteiger partial charge < -0.3 is 14.6 Å². The minimum Gasteiger partial charge on any atom is -0.465 e. The van der Waals surface area contributed by atoms with Crippen molar-refractivity contribution in [1.82, 2.24) is 4.90 Å². The third-order valence-corrected chi connectivity index (χ3v) is 2.04. The molecule has 0 fully saturated rings. The van der Waals surface area contributed by atoms with Crippen LogP contribution in [0.4, 0.5) is 0 Å². The predicted molar refractivity (Wildman–Crippen MR) is 61.2 cm³/mol. The summed E-state index contributed by atoms with van der Waals surface area (Å²) in [6.45, 7) is 3.39. The van der Waals surface area contributed by atoms with Crippen LogP contribution in [-0.4, -0.2) is 62.5 Å². The van der Waals surface area contributed by atoms with Crippen LogP contribution in [0.1, 0.15) is 19.8 Å². The Morgan fingerprint density at radius 2 is 2.19 bits per heavy atom. The molecule has 0 aromatic carbocycles. The Kier molecular flexibility index (Phi) is 9.18. The van der Waals surface area contributed by atoms with Crippen LogP contribution >= 0.6 is 0 Å². The molecular formula is C11H23NO4. The van der Waals surface area contributed by atoms with Crippen molar-refractivity contribution in [3.8, 4) is 0 Å². The predicted octanol–water partition coefficient (Wildman–Crippen LogP) is 0.269. The number of hydrogen-bond donors (Lipinski definition) is 1. The standard InChI is InChI=1S/C11H23NO4/c1-4-5-6-16-11(14)8-12(2)7-10(13)9-15-3/h10,13H,4-9H2,1-3H3. The molecule has 0 spiro atoms. The number of nitrogens with zero attached hydrogens (tertiary/aromatic N) is 1. The second-order valence-corrected chi connectivity index (χ2v) is 3.88. The molecule has 0 rings (SSSR count). The lowest BCUT2D eigenvalue weighted by Gasteiger charge is -2.19. The summed E-state index contributed by atoms with van der Waals surface area (Å²) in [5.41, 5.74) is 0. The number of ether oxygens (including phenoxy) is 2. The number of likely N-dealkylation sites (N-methyl/N-ethyl adjacent to an activating group) is 1. The first kappa shape index (κ1) is 15.3. The van der Waals surface area contributed by atoms with Gasteiger partial charge in [-0.1, -0.05) is 13.3 Å². The first-order chi connectivity index (χ1) is 7.60. The van der Waals surface area contributed by atoms with E-state index in [-0.39, 0.29) is 19.1 Å². The molecule has 0 heterocycles. The highest BCUT2D eigenvalue weighted by Crippen LogP contribution is 1.93. The fraction of sp³-hybridized carbons (Fsp3) is 0.909. The Morgan fingerprint density at radius 3 is 2.75 bits per heavy atom. The monoisotopic (exact) mass is 233 g/mol. The Bertz CT molecular complexity index is 187. The molecule has 0 bridgehead atoms. The summed E-state index contributed by atoms with van der Waals surface area (Å²) >= 11 is 0. The molecule has 0 aliphatic rings. The Morgan fingerprint density at radius 1 is 1.50 bits per heavy atom. The molecular weight excluding hydrogens is 210 g/mol. The van der Waals surface area contributed by atoms with Gasteiger partial charge in [0.1, 0.15) is 0 Å². The van der Waals surface area contributed by atoms with Gasteiger partial charge in [0.15, 0.2) is 0 Å². The number of aliphatic hydroxyl groups is 1. The molecule has 16 heavy (non-hydrogen) atoms. The highest BCUT2D eigenvalue weighted by molar-refractivity contribution is 5.71. The number of carbonyl (C=O) groups is 1.